The van der Waals surface area contributed by atoms with Crippen molar-refractivity contribution in [2.24, 2.45) is 5.92 Å². The molecular weight excluding hydrogens is 328 g/mol. The van der Waals surface area contributed by atoms with Crippen LogP contribution >= 0.6 is 15.9 Å². The molecule has 1 heterocycles. The highest BCUT2D eigenvalue weighted by atomic mass is 79.9. The van der Waals surface area contributed by atoms with Gasteiger partial charge in [0.25, 0.3) is 0 Å². The summed E-state index contributed by atoms with van der Waals surface area (Å²) in [4.78, 5) is 2.54. The molecule has 1 aliphatic rings. The zero-order chi connectivity index (χ0) is 15.2. The molecule has 1 aromatic carbocycles. The molecule has 2 atom stereocenters. The maximum Gasteiger partial charge on any atom is 0.119 e. The molecular formula is C17H27BrN2O. The smallest absolute Gasteiger partial charge is 0.119 e. The average molecular weight is 355 g/mol. The monoisotopic (exact) mass is 354 g/mol. The summed E-state index contributed by atoms with van der Waals surface area (Å²) in [5.74, 6) is 1.69. The first kappa shape index (κ1) is 16.8. The number of rotatable bonds is 6. The number of halogens is 1. The number of hydrogen-bond acceptors (Lipinski definition) is 3. The summed E-state index contributed by atoms with van der Waals surface area (Å²) >= 11 is 3.44. The van der Waals surface area contributed by atoms with Gasteiger partial charge in [-0.15, -0.1) is 0 Å². The largest absolute Gasteiger partial charge is 0.492 e. The first-order valence-electron chi connectivity index (χ1n) is 7.90. The number of benzene rings is 1. The molecule has 0 aliphatic carbocycles. The van der Waals surface area contributed by atoms with E-state index < -0.39 is 0 Å². The van der Waals surface area contributed by atoms with E-state index in [0.29, 0.717) is 12.1 Å². The lowest BCUT2D eigenvalue weighted by Gasteiger charge is -2.39. The van der Waals surface area contributed by atoms with Crippen LogP contribution in [0.3, 0.4) is 0 Å². The maximum atomic E-state index is 5.85. The standard InChI is InChI=1S/C17H27BrN2O/c1-13(2)10-16-12-20(14(3)11-19-16)8-9-21-17-6-4-15(18)5-7-17/h4-7,13-14,16,19H,8-12H2,1-3H3. The molecule has 2 unspecified atom stereocenters. The van der Waals surface area contributed by atoms with Crippen molar-refractivity contribution in [1.29, 1.82) is 0 Å². The average Bonchev–Trinajstić information content (AvgIpc) is 2.44. The maximum absolute atomic E-state index is 5.85. The van der Waals surface area contributed by atoms with Crippen molar-refractivity contribution in [2.75, 3.05) is 26.2 Å². The Morgan fingerprint density at radius 3 is 2.71 bits per heavy atom. The third-order valence-corrected chi connectivity index (χ3v) is 4.53. The second-order valence-electron chi connectivity index (χ2n) is 6.38. The van der Waals surface area contributed by atoms with Crippen molar-refractivity contribution >= 4 is 15.9 Å². The van der Waals surface area contributed by atoms with Crippen LogP contribution in [0.15, 0.2) is 28.7 Å². The Balaban J connectivity index is 1.76. The predicted octanol–water partition coefficient (Wildman–Crippen LogP) is 3.54. The first-order valence-corrected chi connectivity index (χ1v) is 8.69. The molecule has 1 saturated heterocycles. The number of nitrogens with one attached hydrogen (secondary N) is 1. The van der Waals surface area contributed by atoms with E-state index >= 15 is 0 Å². The van der Waals surface area contributed by atoms with Crippen LogP contribution in [0.4, 0.5) is 0 Å². The molecule has 0 spiro atoms. The fourth-order valence-electron chi connectivity index (χ4n) is 2.84. The Labute approximate surface area is 137 Å². The lowest BCUT2D eigenvalue weighted by molar-refractivity contribution is 0.112. The van der Waals surface area contributed by atoms with Gasteiger partial charge in [0.2, 0.25) is 0 Å². The van der Waals surface area contributed by atoms with E-state index in [9.17, 15) is 0 Å². The topological polar surface area (TPSA) is 24.5 Å². The van der Waals surface area contributed by atoms with Crippen LogP contribution in [0.25, 0.3) is 0 Å². The molecule has 118 valence electrons. The van der Waals surface area contributed by atoms with Crippen molar-refractivity contribution in [3.63, 3.8) is 0 Å². The van der Waals surface area contributed by atoms with Gasteiger partial charge in [0, 0.05) is 36.2 Å². The van der Waals surface area contributed by atoms with Crippen molar-refractivity contribution < 1.29 is 4.74 Å². The number of piperazine rings is 1. The van der Waals surface area contributed by atoms with Gasteiger partial charge in [-0.2, -0.15) is 0 Å². The second kappa shape index (κ2) is 8.16. The highest BCUT2D eigenvalue weighted by molar-refractivity contribution is 9.10. The van der Waals surface area contributed by atoms with E-state index in [2.05, 4.69) is 46.9 Å². The Morgan fingerprint density at radius 2 is 2.05 bits per heavy atom. The quantitative estimate of drug-likeness (QED) is 0.845. The summed E-state index contributed by atoms with van der Waals surface area (Å²) in [5.41, 5.74) is 0. The molecule has 21 heavy (non-hydrogen) atoms. The van der Waals surface area contributed by atoms with Crippen LogP contribution in [0, 0.1) is 5.92 Å². The lowest BCUT2D eigenvalue weighted by Crippen LogP contribution is -2.56. The Hall–Kier alpha value is -0.580. The first-order chi connectivity index (χ1) is 10.0. The van der Waals surface area contributed by atoms with E-state index in [1.54, 1.807) is 0 Å². The predicted molar refractivity (Wildman–Crippen MR) is 91.9 cm³/mol. The van der Waals surface area contributed by atoms with E-state index in [-0.39, 0.29) is 0 Å². The van der Waals surface area contributed by atoms with Crippen LogP contribution in [-0.4, -0.2) is 43.2 Å². The Kier molecular flexibility index (Phi) is 6.52. The van der Waals surface area contributed by atoms with Crippen LogP contribution in [0.5, 0.6) is 5.75 Å². The Bertz CT molecular complexity index is 421. The number of ether oxygens (including phenoxy) is 1. The normalized spacial score (nSPS) is 23.5. The van der Waals surface area contributed by atoms with Crippen molar-refractivity contribution in [1.82, 2.24) is 10.2 Å². The van der Waals surface area contributed by atoms with Gasteiger partial charge in [-0.05, 0) is 43.5 Å². The molecule has 0 saturated carbocycles. The Morgan fingerprint density at radius 1 is 1.33 bits per heavy atom. The molecule has 0 bridgehead atoms. The minimum Gasteiger partial charge on any atom is -0.492 e. The van der Waals surface area contributed by atoms with Crippen LogP contribution in [-0.2, 0) is 0 Å². The van der Waals surface area contributed by atoms with E-state index in [1.165, 1.54) is 6.42 Å². The van der Waals surface area contributed by atoms with Gasteiger partial charge in [-0.25, -0.2) is 0 Å². The zero-order valence-corrected chi connectivity index (χ0v) is 14.9. The summed E-state index contributed by atoms with van der Waals surface area (Å²) in [6.45, 7) is 10.8. The van der Waals surface area contributed by atoms with Gasteiger partial charge in [0.15, 0.2) is 0 Å². The van der Waals surface area contributed by atoms with Gasteiger partial charge >= 0.3 is 0 Å². The molecule has 3 nitrogen and oxygen atoms in total. The lowest BCUT2D eigenvalue weighted by atomic mass is 10.0. The molecule has 1 aromatic rings. The van der Waals surface area contributed by atoms with Crippen LogP contribution in [0.2, 0.25) is 0 Å². The van der Waals surface area contributed by atoms with E-state index in [0.717, 1.165) is 42.4 Å². The fourth-order valence-corrected chi connectivity index (χ4v) is 3.11. The highest BCUT2D eigenvalue weighted by Gasteiger charge is 2.24. The highest BCUT2D eigenvalue weighted by Crippen LogP contribution is 2.17. The summed E-state index contributed by atoms with van der Waals surface area (Å²) in [6, 6.07) is 9.25. The molecule has 1 aliphatic heterocycles. The van der Waals surface area contributed by atoms with Crippen LogP contribution in [0.1, 0.15) is 27.2 Å². The molecule has 1 N–H and O–H groups in total. The number of hydrogen-bond donors (Lipinski definition) is 1. The van der Waals surface area contributed by atoms with E-state index in [1.807, 2.05) is 24.3 Å². The third-order valence-electron chi connectivity index (χ3n) is 4.00. The van der Waals surface area contributed by atoms with Gasteiger partial charge in [-0.1, -0.05) is 29.8 Å². The summed E-state index contributed by atoms with van der Waals surface area (Å²) in [6.07, 6.45) is 1.25. The summed E-state index contributed by atoms with van der Waals surface area (Å²) in [5, 5.41) is 3.66. The molecule has 4 heteroatoms. The molecule has 0 aromatic heterocycles. The molecule has 1 fully saturated rings. The van der Waals surface area contributed by atoms with E-state index in [4.69, 9.17) is 4.74 Å². The van der Waals surface area contributed by atoms with Gasteiger partial charge in [0.1, 0.15) is 12.4 Å². The van der Waals surface area contributed by atoms with Crippen molar-refractivity contribution in [3.8, 4) is 5.75 Å². The molecule has 0 amide bonds. The SMILES string of the molecule is CC(C)CC1CN(CCOc2ccc(Br)cc2)C(C)CN1. The number of nitrogens with zero attached hydrogens (tertiary/aromatic N) is 1. The van der Waals surface area contributed by atoms with Crippen LogP contribution < -0.4 is 10.1 Å². The van der Waals surface area contributed by atoms with Gasteiger partial charge in [-0.3, -0.25) is 4.90 Å². The van der Waals surface area contributed by atoms with Gasteiger partial charge < -0.3 is 10.1 Å². The third kappa shape index (κ3) is 5.61. The second-order valence-corrected chi connectivity index (χ2v) is 7.30. The minimum atomic E-state index is 0.585. The van der Waals surface area contributed by atoms with Crippen molar-refractivity contribution in [2.45, 2.75) is 39.3 Å². The summed E-state index contributed by atoms with van der Waals surface area (Å²) in [7, 11) is 0. The minimum absolute atomic E-state index is 0.585. The van der Waals surface area contributed by atoms with Gasteiger partial charge in [0.05, 0.1) is 0 Å². The zero-order valence-electron chi connectivity index (χ0n) is 13.3. The summed E-state index contributed by atoms with van der Waals surface area (Å²) < 4.78 is 6.93. The molecule has 0 radical (unpaired) electrons. The van der Waals surface area contributed by atoms with Crippen molar-refractivity contribution in [3.05, 3.63) is 28.7 Å². The fraction of sp³-hybridized carbons (Fsp3) is 0.647. The molecule has 2 rings (SSSR count).